The number of hydrogen-bond acceptors (Lipinski definition) is 2. The van der Waals surface area contributed by atoms with Crippen molar-refractivity contribution < 1.29 is 4.79 Å². The quantitative estimate of drug-likeness (QED) is 0.784. The first-order valence-corrected chi connectivity index (χ1v) is 8.85. The van der Waals surface area contributed by atoms with E-state index in [0.717, 1.165) is 38.4 Å². The summed E-state index contributed by atoms with van der Waals surface area (Å²) in [6, 6.07) is 0.559. The largest absolute Gasteiger partial charge is 0.341 e. The van der Waals surface area contributed by atoms with Crippen LogP contribution < -0.4 is 5.32 Å². The average molecular weight is 278 g/mol. The second-order valence-electron chi connectivity index (χ2n) is 7.17. The summed E-state index contributed by atoms with van der Waals surface area (Å²) >= 11 is 0. The van der Waals surface area contributed by atoms with E-state index in [-0.39, 0.29) is 0 Å². The van der Waals surface area contributed by atoms with Gasteiger partial charge in [-0.15, -0.1) is 0 Å². The second kappa shape index (κ2) is 6.93. The molecule has 114 valence electrons. The zero-order chi connectivity index (χ0) is 13.8. The third-order valence-electron chi connectivity index (χ3n) is 5.29. The molecule has 0 spiro atoms. The number of nitrogens with zero attached hydrogens (tertiary/aromatic N) is 1. The van der Waals surface area contributed by atoms with Gasteiger partial charge in [0.2, 0.25) is 5.91 Å². The van der Waals surface area contributed by atoms with Crippen LogP contribution in [0.5, 0.6) is 0 Å². The molecule has 1 heterocycles. The molecule has 0 aromatic heterocycles. The summed E-state index contributed by atoms with van der Waals surface area (Å²) in [4.78, 5) is 15.1. The summed E-state index contributed by atoms with van der Waals surface area (Å²) in [6.07, 6.45) is 12.7. The Kier molecular flexibility index (Phi) is 4.98. The lowest BCUT2D eigenvalue weighted by Crippen LogP contribution is -2.44. The van der Waals surface area contributed by atoms with Crippen LogP contribution in [0.4, 0.5) is 0 Å². The van der Waals surface area contributed by atoms with Gasteiger partial charge in [0.15, 0.2) is 0 Å². The van der Waals surface area contributed by atoms with Crippen LogP contribution in [0.1, 0.15) is 64.2 Å². The average Bonchev–Trinajstić information content (AvgIpc) is 3.19. The van der Waals surface area contributed by atoms with Crippen molar-refractivity contribution >= 4 is 5.91 Å². The van der Waals surface area contributed by atoms with Gasteiger partial charge in [-0.1, -0.05) is 25.7 Å². The number of carbonyl (C=O) groups excluding carboxylic acids is 1. The van der Waals surface area contributed by atoms with E-state index >= 15 is 0 Å². The van der Waals surface area contributed by atoms with Crippen molar-refractivity contribution in [3.05, 3.63) is 0 Å². The fourth-order valence-corrected chi connectivity index (χ4v) is 3.83. The van der Waals surface area contributed by atoms with Crippen LogP contribution in [0.3, 0.4) is 0 Å². The van der Waals surface area contributed by atoms with E-state index in [2.05, 4.69) is 10.2 Å². The van der Waals surface area contributed by atoms with Crippen molar-refractivity contribution in [2.24, 2.45) is 11.8 Å². The standard InChI is InChI=1S/C17H30N2O/c20-17(15-6-3-1-2-4-7-15)19(12-14-9-10-14)13-16-8-5-11-18-16/h14-16,18H,1-13H2. The SMILES string of the molecule is O=C(C1CCCCCC1)N(CC1CC1)CC1CCCN1. The Morgan fingerprint density at radius 1 is 0.900 bits per heavy atom. The summed E-state index contributed by atoms with van der Waals surface area (Å²) in [5.41, 5.74) is 0. The first-order chi connectivity index (χ1) is 9.83. The Morgan fingerprint density at radius 2 is 1.65 bits per heavy atom. The molecule has 0 aromatic rings. The topological polar surface area (TPSA) is 32.3 Å². The molecule has 1 saturated heterocycles. The normalized spacial score (nSPS) is 28.3. The van der Waals surface area contributed by atoms with E-state index in [9.17, 15) is 4.79 Å². The summed E-state index contributed by atoms with van der Waals surface area (Å²) in [5.74, 6) is 1.62. The maximum atomic E-state index is 12.9. The van der Waals surface area contributed by atoms with Crippen LogP contribution in [0.25, 0.3) is 0 Å². The fraction of sp³-hybridized carbons (Fsp3) is 0.941. The third kappa shape index (κ3) is 3.97. The maximum absolute atomic E-state index is 12.9. The monoisotopic (exact) mass is 278 g/mol. The number of carbonyl (C=O) groups is 1. The predicted octanol–water partition coefficient (Wildman–Crippen LogP) is 2.95. The van der Waals surface area contributed by atoms with Gasteiger partial charge in [-0.2, -0.15) is 0 Å². The number of nitrogens with one attached hydrogen (secondary N) is 1. The van der Waals surface area contributed by atoms with E-state index in [0.29, 0.717) is 17.9 Å². The van der Waals surface area contributed by atoms with Gasteiger partial charge in [0.1, 0.15) is 0 Å². The molecular weight excluding hydrogens is 248 g/mol. The van der Waals surface area contributed by atoms with Gasteiger partial charge in [-0.05, 0) is 51.0 Å². The highest BCUT2D eigenvalue weighted by Crippen LogP contribution is 2.32. The van der Waals surface area contributed by atoms with Crippen LogP contribution in [0, 0.1) is 11.8 Å². The van der Waals surface area contributed by atoms with Crippen LogP contribution >= 0.6 is 0 Å². The molecule has 3 nitrogen and oxygen atoms in total. The van der Waals surface area contributed by atoms with Crippen molar-refractivity contribution in [3.63, 3.8) is 0 Å². The molecule has 1 atom stereocenters. The maximum Gasteiger partial charge on any atom is 0.225 e. The van der Waals surface area contributed by atoms with E-state index in [1.807, 2.05) is 0 Å². The van der Waals surface area contributed by atoms with Crippen molar-refractivity contribution in [2.75, 3.05) is 19.6 Å². The van der Waals surface area contributed by atoms with Crippen molar-refractivity contribution in [1.82, 2.24) is 10.2 Å². The van der Waals surface area contributed by atoms with Gasteiger partial charge < -0.3 is 10.2 Å². The first-order valence-electron chi connectivity index (χ1n) is 8.85. The van der Waals surface area contributed by atoms with Gasteiger partial charge >= 0.3 is 0 Å². The molecule has 1 N–H and O–H groups in total. The molecule has 3 rings (SSSR count). The molecule has 1 amide bonds. The lowest BCUT2D eigenvalue weighted by Gasteiger charge is -2.29. The Balaban J connectivity index is 1.58. The number of amides is 1. The molecule has 2 aliphatic carbocycles. The van der Waals surface area contributed by atoms with Gasteiger partial charge in [0, 0.05) is 25.0 Å². The van der Waals surface area contributed by atoms with Crippen LogP contribution in [0.2, 0.25) is 0 Å². The number of hydrogen-bond donors (Lipinski definition) is 1. The summed E-state index contributed by atoms with van der Waals surface area (Å²) < 4.78 is 0. The van der Waals surface area contributed by atoms with Crippen LogP contribution in [0.15, 0.2) is 0 Å². The van der Waals surface area contributed by atoms with Crippen molar-refractivity contribution in [3.8, 4) is 0 Å². The van der Waals surface area contributed by atoms with Gasteiger partial charge in [-0.3, -0.25) is 4.79 Å². The van der Waals surface area contributed by atoms with Gasteiger partial charge in [0.25, 0.3) is 0 Å². The first kappa shape index (κ1) is 14.4. The minimum atomic E-state index is 0.331. The molecule has 1 unspecified atom stereocenters. The number of rotatable bonds is 5. The molecule has 0 bridgehead atoms. The molecule has 3 fully saturated rings. The summed E-state index contributed by atoms with van der Waals surface area (Å²) in [5, 5.41) is 3.56. The molecule has 3 aliphatic rings. The lowest BCUT2D eigenvalue weighted by molar-refractivity contribution is -0.136. The minimum absolute atomic E-state index is 0.331. The zero-order valence-corrected chi connectivity index (χ0v) is 12.8. The predicted molar refractivity (Wildman–Crippen MR) is 81.5 cm³/mol. The fourth-order valence-electron chi connectivity index (χ4n) is 3.83. The van der Waals surface area contributed by atoms with Crippen molar-refractivity contribution in [2.45, 2.75) is 70.3 Å². The van der Waals surface area contributed by atoms with Gasteiger partial charge in [-0.25, -0.2) is 0 Å². The van der Waals surface area contributed by atoms with Gasteiger partial charge in [0.05, 0.1) is 0 Å². The van der Waals surface area contributed by atoms with Crippen molar-refractivity contribution in [1.29, 1.82) is 0 Å². The molecule has 0 radical (unpaired) electrons. The van der Waals surface area contributed by atoms with E-state index in [1.54, 1.807) is 0 Å². The van der Waals surface area contributed by atoms with E-state index in [4.69, 9.17) is 0 Å². The Morgan fingerprint density at radius 3 is 2.25 bits per heavy atom. The minimum Gasteiger partial charge on any atom is -0.341 e. The molecule has 1 aliphatic heterocycles. The smallest absolute Gasteiger partial charge is 0.225 e. The molecule has 2 saturated carbocycles. The zero-order valence-electron chi connectivity index (χ0n) is 12.8. The third-order valence-corrected chi connectivity index (χ3v) is 5.29. The Labute approximate surface area is 123 Å². The Bertz CT molecular complexity index is 313. The molecule has 3 heteroatoms. The van der Waals surface area contributed by atoms with Crippen LogP contribution in [-0.2, 0) is 4.79 Å². The molecular formula is C17H30N2O. The highest BCUT2D eigenvalue weighted by molar-refractivity contribution is 5.79. The lowest BCUT2D eigenvalue weighted by atomic mass is 9.98. The van der Waals surface area contributed by atoms with E-state index < -0.39 is 0 Å². The molecule has 20 heavy (non-hydrogen) atoms. The summed E-state index contributed by atoms with van der Waals surface area (Å²) in [6.45, 7) is 3.14. The van der Waals surface area contributed by atoms with Crippen LogP contribution in [-0.4, -0.2) is 36.5 Å². The van der Waals surface area contributed by atoms with E-state index in [1.165, 1.54) is 51.4 Å². The Hall–Kier alpha value is -0.570. The summed E-state index contributed by atoms with van der Waals surface area (Å²) in [7, 11) is 0. The second-order valence-corrected chi connectivity index (χ2v) is 7.17. The highest BCUT2D eigenvalue weighted by Gasteiger charge is 2.32. The molecule has 0 aromatic carbocycles. The highest BCUT2D eigenvalue weighted by atomic mass is 16.2.